The van der Waals surface area contributed by atoms with Crippen LogP contribution in [0, 0.1) is 17.8 Å². The van der Waals surface area contributed by atoms with Crippen LogP contribution in [0.2, 0.25) is 5.02 Å². The molecular weight excluding hydrogens is 441 g/mol. The summed E-state index contributed by atoms with van der Waals surface area (Å²) in [6.07, 6.45) is 0.587. The van der Waals surface area contributed by atoms with Gasteiger partial charge in [-0.05, 0) is 55.2 Å². The van der Waals surface area contributed by atoms with Gasteiger partial charge in [0.1, 0.15) is 0 Å². The molecule has 0 N–H and O–H groups in total. The maximum atomic E-state index is 13.1. The number of fused-ring (bicyclic) bond motifs is 2. The lowest BCUT2D eigenvalue weighted by atomic mass is 9.86. The molecule has 1 amide bonds. The van der Waals surface area contributed by atoms with E-state index < -0.39 is 31.7 Å². The normalized spacial score (nSPS) is 27.6. The lowest BCUT2D eigenvalue weighted by Gasteiger charge is -2.35. The number of nitrogens with zero attached hydrogens (tertiary/aromatic N) is 2. The van der Waals surface area contributed by atoms with Gasteiger partial charge in [-0.25, -0.2) is 8.42 Å². The van der Waals surface area contributed by atoms with Crippen LogP contribution in [-0.4, -0.2) is 49.7 Å². The van der Waals surface area contributed by atoms with Crippen molar-refractivity contribution in [1.82, 2.24) is 9.21 Å². The van der Waals surface area contributed by atoms with Gasteiger partial charge in [-0.3, -0.25) is 4.79 Å². The Kier molecular flexibility index (Phi) is 5.83. The number of alkyl halides is 3. The van der Waals surface area contributed by atoms with E-state index in [1.807, 2.05) is 0 Å². The SMILES string of the molecule is O=C(CC1CC2CCC1C2)N1CCN(S(=O)(=O)c2ccc(Cl)c(C(F)(F)F)c2)CC1. The smallest absolute Gasteiger partial charge is 0.340 e. The summed E-state index contributed by atoms with van der Waals surface area (Å²) in [5.74, 6) is 1.90. The fraction of sp³-hybridized carbons (Fsp3) is 0.650. The summed E-state index contributed by atoms with van der Waals surface area (Å²) in [5, 5.41) is -0.544. The molecule has 3 fully saturated rings. The minimum atomic E-state index is -4.74. The quantitative estimate of drug-likeness (QED) is 0.676. The number of hydrogen-bond acceptors (Lipinski definition) is 3. The van der Waals surface area contributed by atoms with Gasteiger partial charge in [0.25, 0.3) is 0 Å². The largest absolute Gasteiger partial charge is 0.417 e. The number of rotatable bonds is 4. The molecule has 3 atom stereocenters. The number of amides is 1. The predicted octanol–water partition coefficient (Wildman–Crippen LogP) is 4.02. The third-order valence-electron chi connectivity index (χ3n) is 6.79. The Labute approximate surface area is 179 Å². The molecule has 2 saturated carbocycles. The first-order valence-corrected chi connectivity index (χ1v) is 12.0. The number of sulfonamides is 1. The van der Waals surface area contributed by atoms with Gasteiger partial charge in [-0.1, -0.05) is 18.0 Å². The second kappa shape index (κ2) is 7.98. The van der Waals surface area contributed by atoms with E-state index in [4.69, 9.17) is 11.6 Å². The van der Waals surface area contributed by atoms with E-state index in [-0.39, 0.29) is 32.1 Å². The summed E-state index contributed by atoms with van der Waals surface area (Å²) in [5.41, 5.74) is -1.18. The molecule has 166 valence electrons. The molecule has 30 heavy (non-hydrogen) atoms. The van der Waals surface area contributed by atoms with Crippen molar-refractivity contribution in [3.8, 4) is 0 Å². The van der Waals surface area contributed by atoms with Gasteiger partial charge >= 0.3 is 6.18 Å². The van der Waals surface area contributed by atoms with Gasteiger partial charge in [0.15, 0.2) is 0 Å². The number of carbonyl (C=O) groups excluding carboxylic acids is 1. The highest BCUT2D eigenvalue weighted by Crippen LogP contribution is 2.49. The van der Waals surface area contributed by atoms with Crippen molar-refractivity contribution in [3.63, 3.8) is 0 Å². The maximum Gasteiger partial charge on any atom is 0.417 e. The highest BCUT2D eigenvalue weighted by Gasteiger charge is 2.41. The fourth-order valence-corrected chi connectivity index (χ4v) is 6.86. The maximum absolute atomic E-state index is 13.1. The van der Waals surface area contributed by atoms with Crippen LogP contribution in [0.15, 0.2) is 23.1 Å². The van der Waals surface area contributed by atoms with Crippen LogP contribution < -0.4 is 0 Å². The van der Waals surface area contributed by atoms with Gasteiger partial charge in [0.05, 0.1) is 15.5 Å². The molecule has 3 aliphatic rings. The molecule has 0 spiro atoms. The Morgan fingerprint density at radius 3 is 2.37 bits per heavy atom. The molecule has 3 unspecified atom stereocenters. The minimum absolute atomic E-state index is 0.0513. The molecule has 0 aromatic heterocycles. The topological polar surface area (TPSA) is 57.7 Å². The van der Waals surface area contributed by atoms with E-state index >= 15 is 0 Å². The number of benzene rings is 1. The van der Waals surface area contributed by atoms with Crippen LogP contribution in [0.1, 0.15) is 37.7 Å². The van der Waals surface area contributed by atoms with E-state index in [2.05, 4.69) is 0 Å². The third kappa shape index (κ3) is 4.21. The number of hydrogen-bond donors (Lipinski definition) is 0. The summed E-state index contributed by atoms with van der Waals surface area (Å²) in [6.45, 7) is 0.626. The lowest BCUT2D eigenvalue weighted by Crippen LogP contribution is -2.50. The van der Waals surface area contributed by atoms with Gasteiger partial charge in [0, 0.05) is 32.6 Å². The van der Waals surface area contributed by atoms with Gasteiger partial charge < -0.3 is 4.90 Å². The van der Waals surface area contributed by atoms with Crippen molar-refractivity contribution in [2.45, 2.75) is 43.2 Å². The second-order valence-electron chi connectivity index (χ2n) is 8.56. The Hall–Kier alpha value is -1.32. The molecule has 1 aliphatic heterocycles. The van der Waals surface area contributed by atoms with Crippen molar-refractivity contribution in [3.05, 3.63) is 28.8 Å². The summed E-state index contributed by atoms with van der Waals surface area (Å²) in [7, 11) is -4.10. The van der Waals surface area contributed by atoms with E-state index in [9.17, 15) is 26.4 Å². The van der Waals surface area contributed by atoms with Crippen LogP contribution in [0.4, 0.5) is 13.2 Å². The zero-order chi connectivity index (χ0) is 21.7. The Balaban J connectivity index is 1.39. The number of halogens is 4. The van der Waals surface area contributed by atoms with Crippen molar-refractivity contribution >= 4 is 27.5 Å². The lowest BCUT2D eigenvalue weighted by molar-refractivity contribution is -0.137. The highest BCUT2D eigenvalue weighted by molar-refractivity contribution is 7.89. The Bertz CT molecular complexity index is 930. The molecule has 1 heterocycles. The Morgan fingerprint density at radius 1 is 1.10 bits per heavy atom. The van der Waals surface area contributed by atoms with Crippen molar-refractivity contribution in [2.75, 3.05) is 26.2 Å². The molecule has 1 aromatic carbocycles. The molecule has 0 radical (unpaired) electrons. The van der Waals surface area contributed by atoms with Gasteiger partial charge in [-0.2, -0.15) is 17.5 Å². The zero-order valence-electron chi connectivity index (χ0n) is 16.4. The summed E-state index contributed by atoms with van der Waals surface area (Å²) < 4.78 is 66.1. The average molecular weight is 465 g/mol. The molecule has 2 aliphatic carbocycles. The predicted molar refractivity (Wildman–Crippen MR) is 105 cm³/mol. The molecule has 1 saturated heterocycles. The number of piperazine rings is 1. The number of carbonyl (C=O) groups is 1. The van der Waals surface area contributed by atoms with Crippen LogP contribution in [0.5, 0.6) is 0 Å². The summed E-state index contributed by atoms with van der Waals surface area (Å²) in [4.78, 5) is 13.9. The van der Waals surface area contributed by atoms with Crippen molar-refractivity contribution in [1.29, 1.82) is 0 Å². The van der Waals surface area contributed by atoms with E-state index in [1.165, 1.54) is 19.3 Å². The first-order chi connectivity index (χ1) is 14.1. The molecular formula is C20H24ClF3N2O3S. The first-order valence-electron chi connectivity index (χ1n) is 10.2. The van der Waals surface area contributed by atoms with E-state index in [1.54, 1.807) is 4.90 Å². The molecule has 1 aromatic rings. The fourth-order valence-electron chi connectivity index (χ4n) is 5.19. The highest BCUT2D eigenvalue weighted by atomic mass is 35.5. The molecule has 5 nitrogen and oxygen atoms in total. The first kappa shape index (κ1) is 21.9. The van der Waals surface area contributed by atoms with Crippen molar-refractivity contribution in [2.24, 2.45) is 17.8 Å². The van der Waals surface area contributed by atoms with Crippen LogP contribution in [-0.2, 0) is 21.0 Å². The monoisotopic (exact) mass is 464 g/mol. The van der Waals surface area contributed by atoms with E-state index in [0.29, 0.717) is 24.3 Å². The molecule has 10 heteroatoms. The van der Waals surface area contributed by atoms with E-state index in [0.717, 1.165) is 28.8 Å². The van der Waals surface area contributed by atoms with Gasteiger partial charge in [-0.15, -0.1) is 0 Å². The van der Waals surface area contributed by atoms with Crippen LogP contribution >= 0.6 is 11.6 Å². The summed E-state index contributed by atoms with van der Waals surface area (Å²) >= 11 is 5.59. The Morgan fingerprint density at radius 2 is 1.80 bits per heavy atom. The molecule has 2 bridgehead atoms. The zero-order valence-corrected chi connectivity index (χ0v) is 17.9. The second-order valence-corrected chi connectivity index (χ2v) is 10.9. The van der Waals surface area contributed by atoms with Crippen LogP contribution in [0.3, 0.4) is 0 Å². The van der Waals surface area contributed by atoms with Crippen molar-refractivity contribution < 1.29 is 26.4 Å². The standard InChI is InChI=1S/C20H24ClF3N2O3S/c21-18-4-3-16(12-17(18)20(22,23)24)30(28,29)26-7-5-25(6-8-26)19(27)11-15-10-13-1-2-14(15)9-13/h3-4,12-15H,1-2,5-11H2. The average Bonchev–Trinajstić information content (AvgIpc) is 3.30. The molecule has 4 rings (SSSR count). The third-order valence-corrected chi connectivity index (χ3v) is 9.02. The van der Waals surface area contributed by atoms with Crippen LogP contribution in [0.25, 0.3) is 0 Å². The van der Waals surface area contributed by atoms with Gasteiger partial charge in [0.2, 0.25) is 15.9 Å². The summed E-state index contributed by atoms with van der Waals surface area (Å²) in [6, 6.07) is 2.61. The minimum Gasteiger partial charge on any atom is -0.340 e.